The van der Waals surface area contributed by atoms with Gasteiger partial charge in [-0.05, 0) is 31.0 Å². The minimum absolute atomic E-state index is 0.130. The van der Waals surface area contributed by atoms with Crippen LogP contribution < -0.4 is 10.1 Å². The molecule has 2 rings (SSSR count). The van der Waals surface area contributed by atoms with Crippen molar-refractivity contribution in [2.24, 2.45) is 0 Å². The molecule has 1 aromatic rings. The Morgan fingerprint density at radius 1 is 1.21 bits per heavy atom. The summed E-state index contributed by atoms with van der Waals surface area (Å²) in [5.41, 5.74) is 0.999. The van der Waals surface area contributed by atoms with Crippen LogP contribution >= 0.6 is 0 Å². The second kappa shape index (κ2) is 12.2. The molecule has 0 spiro atoms. The fourth-order valence-corrected chi connectivity index (χ4v) is 2.99. The first kappa shape index (κ1) is 22.0. The molecule has 1 heterocycles. The van der Waals surface area contributed by atoms with Crippen LogP contribution in [0.25, 0.3) is 0 Å². The quantitative estimate of drug-likeness (QED) is 0.607. The molecular formula is C20H31N3O5. The van der Waals surface area contributed by atoms with E-state index in [1.54, 1.807) is 18.9 Å². The fraction of sp³-hybridized carbons (Fsp3) is 0.600. The van der Waals surface area contributed by atoms with Crippen molar-refractivity contribution in [2.75, 3.05) is 59.7 Å². The Hall–Kier alpha value is -2.32. The predicted molar refractivity (Wildman–Crippen MR) is 105 cm³/mol. The first-order valence-electron chi connectivity index (χ1n) is 9.73. The highest BCUT2D eigenvalue weighted by molar-refractivity contribution is 5.80. The number of ether oxygens (including phenoxy) is 3. The highest BCUT2D eigenvalue weighted by Crippen LogP contribution is 2.13. The Balaban J connectivity index is 1.90. The molecule has 0 atom stereocenters. The number of rotatable bonds is 10. The van der Waals surface area contributed by atoms with E-state index in [4.69, 9.17) is 14.2 Å². The van der Waals surface area contributed by atoms with Gasteiger partial charge in [0.25, 0.3) is 0 Å². The minimum Gasteiger partial charge on any atom is -0.497 e. The fourth-order valence-electron chi connectivity index (χ4n) is 2.99. The molecule has 1 aliphatic rings. The SMILES string of the molecule is CCOC(=O)CNC(=O)N(CCCN1CCOCC1)Cc1ccc(OC)cc1. The van der Waals surface area contributed by atoms with Crippen LogP contribution in [0, 0.1) is 0 Å². The van der Waals surface area contributed by atoms with Crippen molar-refractivity contribution in [2.45, 2.75) is 19.9 Å². The number of esters is 1. The average Bonchev–Trinajstić information content (AvgIpc) is 2.73. The van der Waals surface area contributed by atoms with Gasteiger partial charge in [0.15, 0.2) is 0 Å². The third-order valence-corrected chi connectivity index (χ3v) is 4.52. The molecule has 0 aliphatic carbocycles. The number of hydrogen-bond acceptors (Lipinski definition) is 6. The monoisotopic (exact) mass is 393 g/mol. The summed E-state index contributed by atoms with van der Waals surface area (Å²) in [6.45, 7) is 7.24. The Labute approximate surface area is 166 Å². The van der Waals surface area contributed by atoms with Crippen LogP contribution in [0.3, 0.4) is 0 Å². The third-order valence-electron chi connectivity index (χ3n) is 4.52. The van der Waals surface area contributed by atoms with Crippen molar-refractivity contribution >= 4 is 12.0 Å². The number of methoxy groups -OCH3 is 1. The van der Waals surface area contributed by atoms with E-state index < -0.39 is 5.97 Å². The molecule has 0 bridgehead atoms. The summed E-state index contributed by atoms with van der Waals surface area (Å²) in [6, 6.07) is 7.35. The number of carbonyl (C=O) groups is 2. The molecule has 2 amide bonds. The number of morpholine rings is 1. The Bertz CT molecular complexity index is 602. The summed E-state index contributed by atoms with van der Waals surface area (Å²) in [5, 5.41) is 2.65. The molecule has 0 radical (unpaired) electrons. The van der Waals surface area contributed by atoms with E-state index >= 15 is 0 Å². The van der Waals surface area contributed by atoms with Crippen LogP contribution in [0.1, 0.15) is 18.9 Å². The second-order valence-corrected chi connectivity index (χ2v) is 6.54. The summed E-state index contributed by atoms with van der Waals surface area (Å²) in [5.74, 6) is 0.336. The lowest BCUT2D eigenvalue weighted by Gasteiger charge is -2.28. The zero-order valence-electron chi connectivity index (χ0n) is 16.8. The summed E-state index contributed by atoms with van der Waals surface area (Å²) in [6.07, 6.45) is 0.850. The highest BCUT2D eigenvalue weighted by Gasteiger charge is 2.17. The van der Waals surface area contributed by atoms with E-state index in [9.17, 15) is 9.59 Å². The van der Waals surface area contributed by atoms with Crippen molar-refractivity contribution in [1.82, 2.24) is 15.1 Å². The predicted octanol–water partition coefficient (Wildman–Crippen LogP) is 1.49. The summed E-state index contributed by atoms with van der Waals surface area (Å²) >= 11 is 0. The summed E-state index contributed by atoms with van der Waals surface area (Å²) < 4.78 is 15.4. The van der Waals surface area contributed by atoms with E-state index in [-0.39, 0.29) is 12.6 Å². The van der Waals surface area contributed by atoms with Gasteiger partial charge in [0.05, 0.1) is 26.9 Å². The van der Waals surface area contributed by atoms with Crippen molar-refractivity contribution in [3.05, 3.63) is 29.8 Å². The number of benzene rings is 1. The van der Waals surface area contributed by atoms with Crippen LogP contribution in [0.5, 0.6) is 5.75 Å². The molecule has 8 heteroatoms. The largest absolute Gasteiger partial charge is 0.497 e. The van der Waals surface area contributed by atoms with Crippen LogP contribution in [-0.4, -0.2) is 81.5 Å². The van der Waals surface area contributed by atoms with E-state index in [1.807, 2.05) is 24.3 Å². The number of nitrogens with zero attached hydrogens (tertiary/aromatic N) is 2. The van der Waals surface area contributed by atoms with Gasteiger partial charge in [0.2, 0.25) is 0 Å². The van der Waals surface area contributed by atoms with Crippen LogP contribution in [0.2, 0.25) is 0 Å². The van der Waals surface area contributed by atoms with Crippen molar-refractivity contribution in [3.8, 4) is 5.75 Å². The van der Waals surface area contributed by atoms with Gasteiger partial charge in [-0.3, -0.25) is 9.69 Å². The number of urea groups is 1. The number of hydrogen-bond donors (Lipinski definition) is 1. The average molecular weight is 393 g/mol. The Morgan fingerprint density at radius 3 is 2.57 bits per heavy atom. The van der Waals surface area contributed by atoms with E-state index in [0.717, 1.165) is 50.6 Å². The Kier molecular flexibility index (Phi) is 9.57. The molecule has 1 N–H and O–H groups in total. The molecular weight excluding hydrogens is 362 g/mol. The normalized spacial score (nSPS) is 14.4. The van der Waals surface area contributed by atoms with E-state index in [2.05, 4.69) is 10.2 Å². The lowest BCUT2D eigenvalue weighted by atomic mass is 10.2. The van der Waals surface area contributed by atoms with E-state index in [0.29, 0.717) is 19.7 Å². The van der Waals surface area contributed by atoms with Gasteiger partial charge in [-0.15, -0.1) is 0 Å². The van der Waals surface area contributed by atoms with Gasteiger partial charge in [0.1, 0.15) is 12.3 Å². The van der Waals surface area contributed by atoms with Gasteiger partial charge < -0.3 is 24.4 Å². The number of nitrogens with one attached hydrogen (secondary N) is 1. The zero-order chi connectivity index (χ0) is 20.2. The highest BCUT2D eigenvalue weighted by atomic mass is 16.5. The second-order valence-electron chi connectivity index (χ2n) is 6.54. The standard InChI is InChI=1S/C20H31N3O5/c1-3-28-19(24)15-21-20(25)23(10-4-9-22-11-13-27-14-12-22)16-17-5-7-18(26-2)8-6-17/h5-8H,3-4,9-16H2,1-2H3,(H,21,25). The third kappa shape index (κ3) is 7.74. The molecule has 0 aromatic heterocycles. The molecule has 28 heavy (non-hydrogen) atoms. The topological polar surface area (TPSA) is 80.3 Å². The Morgan fingerprint density at radius 2 is 1.93 bits per heavy atom. The van der Waals surface area contributed by atoms with Gasteiger partial charge in [-0.25, -0.2) is 4.79 Å². The smallest absolute Gasteiger partial charge is 0.325 e. The molecule has 0 saturated carbocycles. The maximum atomic E-state index is 12.6. The van der Waals surface area contributed by atoms with Crippen molar-refractivity contribution < 1.29 is 23.8 Å². The van der Waals surface area contributed by atoms with Crippen molar-refractivity contribution in [3.63, 3.8) is 0 Å². The van der Waals surface area contributed by atoms with Crippen LogP contribution in [0.4, 0.5) is 4.79 Å². The molecule has 8 nitrogen and oxygen atoms in total. The molecule has 1 fully saturated rings. The number of amides is 2. The van der Waals surface area contributed by atoms with Crippen LogP contribution in [0.15, 0.2) is 24.3 Å². The maximum absolute atomic E-state index is 12.6. The minimum atomic E-state index is -0.437. The molecule has 1 aliphatic heterocycles. The maximum Gasteiger partial charge on any atom is 0.325 e. The lowest BCUT2D eigenvalue weighted by Crippen LogP contribution is -2.43. The molecule has 0 unspecified atom stereocenters. The first-order valence-corrected chi connectivity index (χ1v) is 9.73. The van der Waals surface area contributed by atoms with Crippen molar-refractivity contribution in [1.29, 1.82) is 0 Å². The van der Waals surface area contributed by atoms with Gasteiger partial charge >= 0.3 is 12.0 Å². The van der Waals surface area contributed by atoms with E-state index in [1.165, 1.54) is 0 Å². The summed E-state index contributed by atoms with van der Waals surface area (Å²) in [4.78, 5) is 28.2. The van der Waals surface area contributed by atoms with Gasteiger partial charge in [-0.1, -0.05) is 12.1 Å². The molecule has 1 aromatic carbocycles. The van der Waals surface area contributed by atoms with Gasteiger partial charge in [-0.2, -0.15) is 0 Å². The van der Waals surface area contributed by atoms with Gasteiger partial charge in [0, 0.05) is 32.7 Å². The first-order chi connectivity index (χ1) is 13.6. The molecule has 156 valence electrons. The molecule has 1 saturated heterocycles. The summed E-state index contributed by atoms with van der Waals surface area (Å²) in [7, 11) is 1.62. The number of carbonyl (C=O) groups excluding carboxylic acids is 2. The zero-order valence-corrected chi connectivity index (χ0v) is 16.8. The van der Waals surface area contributed by atoms with Crippen LogP contribution in [-0.2, 0) is 20.8 Å². The lowest BCUT2D eigenvalue weighted by molar-refractivity contribution is -0.141.